The summed E-state index contributed by atoms with van der Waals surface area (Å²) in [7, 11) is 1.60. The van der Waals surface area contributed by atoms with Crippen LogP contribution in [-0.4, -0.2) is 48.6 Å². The molecule has 2 aromatic carbocycles. The van der Waals surface area contributed by atoms with Gasteiger partial charge in [0.15, 0.2) is 0 Å². The zero-order chi connectivity index (χ0) is 24.0. The number of methoxy groups -OCH3 is 1. The summed E-state index contributed by atoms with van der Waals surface area (Å²) in [5.74, 6) is -0.525. The molecule has 1 heterocycles. The summed E-state index contributed by atoms with van der Waals surface area (Å²) >= 11 is 0. The summed E-state index contributed by atoms with van der Waals surface area (Å²) in [6, 6.07) is 13.9. The van der Waals surface area contributed by atoms with E-state index in [1.807, 2.05) is 24.3 Å². The number of rotatable bonds is 10. The van der Waals surface area contributed by atoms with Gasteiger partial charge in [0.1, 0.15) is 18.1 Å². The number of Topliss-reactive ketones (excluding diaryl/α,β-unsaturated/α-hetero) is 1. The Hall–Kier alpha value is -3.38. The maximum absolute atomic E-state index is 13.1. The predicted molar refractivity (Wildman–Crippen MR) is 128 cm³/mol. The summed E-state index contributed by atoms with van der Waals surface area (Å²) in [5, 5.41) is 11.1. The third-order valence-electron chi connectivity index (χ3n) is 5.70. The van der Waals surface area contributed by atoms with Crippen molar-refractivity contribution >= 4 is 17.4 Å². The lowest BCUT2D eigenvalue weighted by Crippen LogP contribution is -2.31. The molecule has 1 aliphatic rings. The van der Waals surface area contributed by atoms with E-state index in [-0.39, 0.29) is 11.3 Å². The van der Waals surface area contributed by atoms with Gasteiger partial charge < -0.3 is 19.5 Å². The fraction of sp³-hybridized carbons (Fsp3) is 0.333. The monoisotopic (exact) mass is 449 g/mol. The Balaban J connectivity index is 2.04. The van der Waals surface area contributed by atoms with Crippen LogP contribution < -0.4 is 4.74 Å². The first-order valence-electron chi connectivity index (χ1n) is 11.1. The number of aliphatic hydroxyl groups is 1. The molecule has 1 fully saturated rings. The molecule has 0 radical (unpaired) electrons. The van der Waals surface area contributed by atoms with Crippen LogP contribution in [0, 0.1) is 0 Å². The molecular formula is C27H31NO5. The standard InChI is InChI=1S/C27H31NO5/c1-5-16-33-22-13-11-21(12-14-22)25(29)23-24(20-9-7-19(8-10-20)18(2)3)28(15-6-17-32-4)27(31)26(23)30/h5,7-14,18,24,29H,1,6,15-17H2,2-4H3/t24-/m0/s1. The highest BCUT2D eigenvalue weighted by Gasteiger charge is 2.45. The molecule has 3 rings (SSSR count). The quantitative estimate of drug-likeness (QED) is 0.185. The van der Waals surface area contributed by atoms with Crippen molar-refractivity contribution in [3.63, 3.8) is 0 Å². The van der Waals surface area contributed by atoms with Gasteiger partial charge in [-0.2, -0.15) is 0 Å². The van der Waals surface area contributed by atoms with Gasteiger partial charge >= 0.3 is 0 Å². The number of hydrogen-bond donors (Lipinski definition) is 1. The van der Waals surface area contributed by atoms with E-state index in [9.17, 15) is 14.7 Å². The van der Waals surface area contributed by atoms with Crippen LogP contribution in [0.5, 0.6) is 5.75 Å². The van der Waals surface area contributed by atoms with Crippen LogP contribution in [0.25, 0.3) is 5.76 Å². The van der Waals surface area contributed by atoms with Gasteiger partial charge in [-0.15, -0.1) is 0 Å². The SMILES string of the molecule is C=CCOc1ccc(C(O)=C2C(=O)C(=O)N(CCCOC)[C@H]2c2ccc(C(C)C)cc2)cc1. The van der Waals surface area contributed by atoms with Crippen molar-refractivity contribution in [3.05, 3.63) is 83.4 Å². The number of aliphatic hydroxyl groups excluding tert-OH is 1. The molecule has 0 unspecified atom stereocenters. The summed E-state index contributed by atoms with van der Waals surface area (Å²) in [6.45, 7) is 9.01. The number of nitrogens with zero attached hydrogens (tertiary/aromatic N) is 1. The predicted octanol–water partition coefficient (Wildman–Crippen LogP) is 4.83. The van der Waals surface area contributed by atoms with Crippen LogP contribution in [0.2, 0.25) is 0 Å². The zero-order valence-corrected chi connectivity index (χ0v) is 19.4. The van der Waals surface area contributed by atoms with Gasteiger partial charge in [0, 0.05) is 25.8 Å². The number of ether oxygens (including phenoxy) is 2. The number of carbonyl (C=O) groups excluding carboxylic acids is 2. The fourth-order valence-electron chi connectivity index (χ4n) is 3.92. The van der Waals surface area contributed by atoms with Crippen molar-refractivity contribution in [2.24, 2.45) is 0 Å². The van der Waals surface area contributed by atoms with E-state index in [4.69, 9.17) is 9.47 Å². The van der Waals surface area contributed by atoms with Crippen molar-refractivity contribution in [3.8, 4) is 5.75 Å². The topological polar surface area (TPSA) is 76.1 Å². The Labute approximate surface area is 195 Å². The number of benzene rings is 2. The smallest absolute Gasteiger partial charge is 0.295 e. The molecule has 6 nitrogen and oxygen atoms in total. The zero-order valence-electron chi connectivity index (χ0n) is 19.4. The first-order valence-corrected chi connectivity index (χ1v) is 11.1. The van der Waals surface area contributed by atoms with Gasteiger partial charge in [0.2, 0.25) is 0 Å². The second-order valence-corrected chi connectivity index (χ2v) is 8.28. The van der Waals surface area contributed by atoms with Crippen molar-refractivity contribution in [1.82, 2.24) is 4.90 Å². The summed E-state index contributed by atoms with van der Waals surface area (Å²) in [6.07, 6.45) is 2.23. The number of likely N-dealkylation sites (tertiary alicyclic amines) is 1. The van der Waals surface area contributed by atoms with Gasteiger partial charge in [-0.3, -0.25) is 9.59 Å². The maximum atomic E-state index is 13.1. The molecular weight excluding hydrogens is 418 g/mol. The van der Waals surface area contributed by atoms with Gasteiger partial charge in [0.05, 0.1) is 11.6 Å². The van der Waals surface area contributed by atoms with Crippen molar-refractivity contribution in [2.45, 2.75) is 32.2 Å². The highest BCUT2D eigenvalue weighted by Crippen LogP contribution is 2.40. The first-order chi connectivity index (χ1) is 15.9. The summed E-state index contributed by atoms with van der Waals surface area (Å²) in [4.78, 5) is 27.5. The highest BCUT2D eigenvalue weighted by molar-refractivity contribution is 6.46. The fourth-order valence-corrected chi connectivity index (χ4v) is 3.92. The molecule has 33 heavy (non-hydrogen) atoms. The first kappa shape index (κ1) is 24.3. The van der Waals surface area contributed by atoms with E-state index >= 15 is 0 Å². The normalized spacial score (nSPS) is 17.6. The number of carbonyl (C=O) groups is 2. The average molecular weight is 450 g/mol. The van der Waals surface area contributed by atoms with Crippen molar-refractivity contribution in [2.75, 3.05) is 26.9 Å². The Morgan fingerprint density at radius 2 is 1.79 bits per heavy atom. The van der Waals surface area contributed by atoms with Gasteiger partial charge in [0.25, 0.3) is 11.7 Å². The summed E-state index contributed by atoms with van der Waals surface area (Å²) in [5.41, 5.74) is 2.47. The van der Waals surface area contributed by atoms with E-state index in [2.05, 4.69) is 20.4 Å². The molecule has 0 saturated carbocycles. The lowest BCUT2D eigenvalue weighted by Gasteiger charge is -2.25. The van der Waals surface area contributed by atoms with E-state index in [1.54, 1.807) is 37.5 Å². The molecule has 0 aromatic heterocycles. The number of ketones is 1. The van der Waals surface area contributed by atoms with Crippen LogP contribution in [0.4, 0.5) is 0 Å². The van der Waals surface area contributed by atoms with E-state index in [1.165, 1.54) is 4.90 Å². The highest BCUT2D eigenvalue weighted by atomic mass is 16.5. The molecule has 6 heteroatoms. The Kier molecular flexibility index (Phi) is 8.06. The van der Waals surface area contributed by atoms with Gasteiger partial charge in [-0.1, -0.05) is 50.8 Å². The van der Waals surface area contributed by atoms with Crippen LogP contribution in [-0.2, 0) is 14.3 Å². The molecule has 0 aliphatic carbocycles. The Morgan fingerprint density at radius 1 is 1.12 bits per heavy atom. The van der Waals surface area contributed by atoms with Crippen LogP contribution >= 0.6 is 0 Å². The minimum Gasteiger partial charge on any atom is -0.507 e. The molecule has 0 spiro atoms. The average Bonchev–Trinajstić information content (AvgIpc) is 3.08. The molecule has 1 atom stereocenters. The Morgan fingerprint density at radius 3 is 2.36 bits per heavy atom. The molecule has 1 aliphatic heterocycles. The second kappa shape index (κ2) is 11.0. The minimum atomic E-state index is -0.685. The van der Waals surface area contributed by atoms with E-state index in [0.29, 0.717) is 43.4 Å². The largest absolute Gasteiger partial charge is 0.507 e. The summed E-state index contributed by atoms with van der Waals surface area (Å²) < 4.78 is 10.6. The molecule has 174 valence electrons. The lowest BCUT2D eigenvalue weighted by atomic mass is 9.93. The molecule has 1 N–H and O–H groups in total. The maximum Gasteiger partial charge on any atom is 0.295 e. The van der Waals surface area contributed by atoms with Gasteiger partial charge in [-0.25, -0.2) is 0 Å². The third kappa shape index (κ3) is 5.34. The van der Waals surface area contributed by atoms with Crippen molar-refractivity contribution < 1.29 is 24.2 Å². The van der Waals surface area contributed by atoms with Crippen molar-refractivity contribution in [1.29, 1.82) is 0 Å². The third-order valence-corrected chi connectivity index (χ3v) is 5.70. The van der Waals surface area contributed by atoms with E-state index in [0.717, 1.165) is 11.1 Å². The van der Waals surface area contributed by atoms with Crippen LogP contribution in [0.15, 0.2) is 66.8 Å². The van der Waals surface area contributed by atoms with Crippen LogP contribution in [0.1, 0.15) is 48.9 Å². The van der Waals surface area contributed by atoms with Crippen LogP contribution in [0.3, 0.4) is 0 Å². The molecule has 1 saturated heterocycles. The Bertz CT molecular complexity index is 1020. The molecule has 1 amide bonds. The molecule has 0 bridgehead atoms. The number of hydrogen-bond acceptors (Lipinski definition) is 5. The second-order valence-electron chi connectivity index (χ2n) is 8.28. The minimum absolute atomic E-state index is 0.0921. The van der Waals surface area contributed by atoms with E-state index < -0.39 is 17.7 Å². The number of amides is 1. The van der Waals surface area contributed by atoms with Gasteiger partial charge in [-0.05, 0) is 47.7 Å². The lowest BCUT2D eigenvalue weighted by molar-refractivity contribution is -0.140. The molecule has 2 aromatic rings.